The molecule has 0 bridgehead atoms. The number of hydrogen-bond donors (Lipinski definition) is 1. The van der Waals surface area contributed by atoms with E-state index in [0.717, 1.165) is 4.47 Å². The van der Waals surface area contributed by atoms with Gasteiger partial charge in [-0.25, -0.2) is 4.98 Å². The predicted molar refractivity (Wildman–Crippen MR) is 73.6 cm³/mol. The number of aromatic nitrogens is 2. The number of nitrogens with one attached hydrogen (secondary N) is 1. The minimum Gasteiger partial charge on any atom is -0.330 e. The SMILES string of the molecule is Cn1c(C2(C(F)(F)F)CCNC2)nc2cc(Br)ccc21. The molecule has 1 aromatic heterocycles. The van der Waals surface area contributed by atoms with Crippen molar-refractivity contribution in [2.75, 3.05) is 13.1 Å². The molecule has 1 aromatic carbocycles. The first-order valence-electron chi connectivity index (χ1n) is 6.25. The smallest absolute Gasteiger partial charge is 0.330 e. The Morgan fingerprint density at radius 1 is 1.40 bits per heavy atom. The van der Waals surface area contributed by atoms with E-state index in [0.29, 0.717) is 17.6 Å². The van der Waals surface area contributed by atoms with Crippen LogP contribution in [-0.2, 0) is 12.5 Å². The lowest BCUT2D eigenvalue weighted by Gasteiger charge is -2.30. The van der Waals surface area contributed by atoms with Crippen LogP contribution in [0.5, 0.6) is 0 Å². The van der Waals surface area contributed by atoms with E-state index < -0.39 is 11.6 Å². The van der Waals surface area contributed by atoms with Crippen molar-refractivity contribution < 1.29 is 13.2 Å². The first-order chi connectivity index (χ1) is 9.35. The van der Waals surface area contributed by atoms with Gasteiger partial charge in [0.15, 0.2) is 0 Å². The maximum absolute atomic E-state index is 13.6. The van der Waals surface area contributed by atoms with Gasteiger partial charge < -0.3 is 9.88 Å². The monoisotopic (exact) mass is 347 g/mol. The predicted octanol–water partition coefficient (Wildman–Crippen LogP) is 3.13. The molecular weight excluding hydrogens is 335 g/mol. The third kappa shape index (κ3) is 1.87. The van der Waals surface area contributed by atoms with Crippen LogP contribution in [0.2, 0.25) is 0 Å². The van der Waals surface area contributed by atoms with E-state index in [4.69, 9.17) is 0 Å². The fourth-order valence-corrected chi connectivity index (χ4v) is 3.20. The number of aryl methyl sites for hydroxylation is 1. The Hall–Kier alpha value is -1.08. The van der Waals surface area contributed by atoms with Gasteiger partial charge in [0.05, 0.1) is 11.0 Å². The van der Waals surface area contributed by atoms with Crippen LogP contribution in [0.4, 0.5) is 13.2 Å². The van der Waals surface area contributed by atoms with Gasteiger partial charge in [-0.3, -0.25) is 0 Å². The number of alkyl halides is 3. The first kappa shape index (κ1) is 13.9. The molecule has 108 valence electrons. The van der Waals surface area contributed by atoms with Gasteiger partial charge in [-0.1, -0.05) is 15.9 Å². The van der Waals surface area contributed by atoms with Crippen molar-refractivity contribution in [3.8, 4) is 0 Å². The summed E-state index contributed by atoms with van der Waals surface area (Å²) in [5.74, 6) is 0.0862. The van der Waals surface area contributed by atoms with E-state index in [1.54, 1.807) is 29.8 Å². The lowest BCUT2D eigenvalue weighted by atomic mass is 9.85. The Labute approximate surface area is 122 Å². The molecule has 7 heteroatoms. The molecular formula is C13H13BrF3N3. The van der Waals surface area contributed by atoms with E-state index in [9.17, 15) is 13.2 Å². The fraction of sp³-hybridized carbons (Fsp3) is 0.462. The summed E-state index contributed by atoms with van der Waals surface area (Å²) >= 11 is 3.32. The number of hydrogen-bond acceptors (Lipinski definition) is 2. The molecule has 1 aliphatic rings. The van der Waals surface area contributed by atoms with E-state index in [-0.39, 0.29) is 18.8 Å². The zero-order valence-corrected chi connectivity index (χ0v) is 12.3. The molecule has 1 fully saturated rings. The lowest BCUT2D eigenvalue weighted by molar-refractivity contribution is -0.187. The van der Waals surface area contributed by atoms with Crippen molar-refractivity contribution in [1.29, 1.82) is 0 Å². The fourth-order valence-electron chi connectivity index (χ4n) is 2.85. The Morgan fingerprint density at radius 2 is 2.15 bits per heavy atom. The summed E-state index contributed by atoms with van der Waals surface area (Å²) in [6.07, 6.45) is -4.29. The largest absolute Gasteiger partial charge is 0.402 e. The number of nitrogens with zero attached hydrogens (tertiary/aromatic N) is 2. The van der Waals surface area contributed by atoms with Crippen LogP contribution < -0.4 is 5.32 Å². The summed E-state index contributed by atoms with van der Waals surface area (Å²) in [5.41, 5.74) is -0.612. The lowest BCUT2D eigenvalue weighted by Crippen LogP contribution is -2.46. The van der Waals surface area contributed by atoms with Crippen molar-refractivity contribution in [3.05, 3.63) is 28.5 Å². The van der Waals surface area contributed by atoms with Crippen LogP contribution in [0.3, 0.4) is 0 Å². The number of benzene rings is 1. The Balaban J connectivity index is 2.25. The van der Waals surface area contributed by atoms with Gasteiger partial charge in [-0.2, -0.15) is 13.2 Å². The molecule has 1 N–H and O–H groups in total. The van der Waals surface area contributed by atoms with E-state index in [1.807, 2.05) is 0 Å². The summed E-state index contributed by atoms with van der Waals surface area (Å²) < 4.78 is 43.1. The summed E-state index contributed by atoms with van der Waals surface area (Å²) in [6.45, 7) is 0.237. The topological polar surface area (TPSA) is 29.9 Å². The highest BCUT2D eigenvalue weighted by Gasteiger charge is 2.59. The number of imidazole rings is 1. The van der Waals surface area contributed by atoms with Gasteiger partial charge in [0.1, 0.15) is 11.2 Å². The minimum absolute atomic E-state index is 0.0227. The average molecular weight is 348 g/mol. The molecule has 2 aromatic rings. The zero-order chi connectivity index (χ0) is 14.5. The van der Waals surface area contributed by atoms with Gasteiger partial charge in [0, 0.05) is 18.1 Å². The van der Waals surface area contributed by atoms with E-state index >= 15 is 0 Å². The standard InChI is InChI=1S/C13H13BrF3N3/c1-20-10-3-2-8(14)6-9(10)19-11(20)12(13(15,16)17)4-5-18-7-12/h2-3,6,18H,4-5,7H2,1H3. The molecule has 0 radical (unpaired) electrons. The molecule has 1 saturated heterocycles. The summed E-state index contributed by atoms with van der Waals surface area (Å²) in [6, 6.07) is 5.33. The molecule has 0 aliphatic carbocycles. The maximum atomic E-state index is 13.6. The second-order valence-corrected chi connectivity index (χ2v) is 6.05. The van der Waals surface area contributed by atoms with E-state index in [1.165, 1.54) is 0 Å². The normalized spacial score (nSPS) is 23.6. The van der Waals surface area contributed by atoms with Crippen molar-refractivity contribution in [3.63, 3.8) is 0 Å². The highest BCUT2D eigenvalue weighted by Crippen LogP contribution is 2.45. The van der Waals surface area contributed by atoms with Crippen LogP contribution in [0.15, 0.2) is 22.7 Å². The van der Waals surface area contributed by atoms with Crippen molar-refractivity contribution in [2.45, 2.75) is 18.0 Å². The molecule has 3 rings (SSSR count). The van der Waals surface area contributed by atoms with Crippen LogP contribution in [-0.4, -0.2) is 28.8 Å². The van der Waals surface area contributed by atoms with Gasteiger partial charge >= 0.3 is 6.18 Å². The zero-order valence-electron chi connectivity index (χ0n) is 10.8. The number of fused-ring (bicyclic) bond motifs is 1. The van der Waals surface area contributed by atoms with Crippen molar-refractivity contribution in [2.24, 2.45) is 7.05 Å². The van der Waals surface area contributed by atoms with Gasteiger partial charge in [0.25, 0.3) is 0 Å². The Morgan fingerprint density at radius 3 is 2.75 bits per heavy atom. The molecule has 1 atom stereocenters. The molecule has 0 amide bonds. The summed E-state index contributed by atoms with van der Waals surface area (Å²) in [5, 5.41) is 2.82. The van der Waals surface area contributed by atoms with Gasteiger partial charge in [0.2, 0.25) is 0 Å². The molecule has 20 heavy (non-hydrogen) atoms. The van der Waals surface area contributed by atoms with Crippen LogP contribution >= 0.6 is 15.9 Å². The molecule has 0 spiro atoms. The van der Waals surface area contributed by atoms with Crippen LogP contribution in [0.1, 0.15) is 12.2 Å². The quantitative estimate of drug-likeness (QED) is 0.858. The van der Waals surface area contributed by atoms with Gasteiger partial charge in [-0.15, -0.1) is 0 Å². The van der Waals surface area contributed by atoms with Crippen molar-refractivity contribution >= 4 is 27.0 Å². The summed E-state index contributed by atoms with van der Waals surface area (Å²) in [7, 11) is 1.64. The average Bonchev–Trinajstić information content (AvgIpc) is 2.94. The highest BCUT2D eigenvalue weighted by molar-refractivity contribution is 9.10. The third-order valence-corrected chi connectivity index (χ3v) is 4.46. The second-order valence-electron chi connectivity index (χ2n) is 5.13. The molecule has 2 heterocycles. The Bertz CT molecular complexity index is 657. The second kappa shape index (κ2) is 4.46. The maximum Gasteiger partial charge on any atom is 0.402 e. The molecule has 3 nitrogen and oxygen atoms in total. The van der Waals surface area contributed by atoms with E-state index in [2.05, 4.69) is 26.2 Å². The minimum atomic E-state index is -4.32. The van der Waals surface area contributed by atoms with Crippen LogP contribution in [0, 0.1) is 0 Å². The molecule has 1 aliphatic heterocycles. The number of rotatable bonds is 1. The first-order valence-corrected chi connectivity index (χ1v) is 7.04. The van der Waals surface area contributed by atoms with Crippen molar-refractivity contribution in [1.82, 2.24) is 14.9 Å². The van der Waals surface area contributed by atoms with Gasteiger partial charge in [-0.05, 0) is 31.2 Å². The molecule has 1 unspecified atom stereocenters. The van der Waals surface area contributed by atoms with Crippen LogP contribution in [0.25, 0.3) is 11.0 Å². The highest BCUT2D eigenvalue weighted by atomic mass is 79.9. The summed E-state index contributed by atoms with van der Waals surface area (Å²) in [4.78, 5) is 4.27. The Kier molecular flexibility index (Phi) is 3.10. The molecule has 0 saturated carbocycles. The number of halogens is 4. The third-order valence-electron chi connectivity index (χ3n) is 3.97.